The maximum atomic E-state index is 14.7. The van der Waals surface area contributed by atoms with Gasteiger partial charge in [0, 0.05) is 12.0 Å². The number of methoxy groups -OCH3 is 1. The Kier molecular flexibility index (Phi) is 6.48. The number of hydrogen-bond acceptors (Lipinski definition) is 7. The van der Waals surface area contributed by atoms with Gasteiger partial charge in [0.15, 0.2) is 0 Å². The molecule has 9 nitrogen and oxygen atoms in total. The normalized spacial score (nSPS) is 13.7. The van der Waals surface area contributed by atoms with E-state index in [-0.39, 0.29) is 27.3 Å². The van der Waals surface area contributed by atoms with Gasteiger partial charge in [-0.15, -0.1) is 5.10 Å². The molecule has 0 aliphatic rings. The number of sulfonamides is 1. The highest BCUT2D eigenvalue weighted by atomic mass is 35.5. The molecule has 0 radical (unpaired) electrons. The van der Waals surface area contributed by atoms with Gasteiger partial charge in [0.05, 0.1) is 13.3 Å². The molecule has 2 aromatic heterocycles. The lowest BCUT2D eigenvalue weighted by molar-refractivity contribution is 0.374. The summed E-state index contributed by atoms with van der Waals surface area (Å²) in [5, 5.41) is 5.89. The van der Waals surface area contributed by atoms with E-state index in [0.29, 0.717) is 5.56 Å². The monoisotopic (exact) mass is 470 g/mol. The molecule has 2 heterocycles. The molecule has 31 heavy (non-hydrogen) atoms. The minimum absolute atomic E-state index is 0.0384. The number of H-pyrrole nitrogens is 1. The summed E-state index contributed by atoms with van der Waals surface area (Å²) in [4.78, 5) is 15.0. The van der Waals surface area contributed by atoms with E-state index in [1.807, 2.05) is 6.92 Å². The summed E-state index contributed by atoms with van der Waals surface area (Å²) >= 11 is 5.82. The molecule has 3 aromatic rings. The maximum Gasteiger partial charge on any atom is 0.434 e. The lowest BCUT2D eigenvalue weighted by Crippen LogP contribution is -2.33. The van der Waals surface area contributed by atoms with Crippen LogP contribution in [0.3, 0.4) is 0 Å². The molecular formula is C19H20ClFN4O5S. The molecule has 0 aliphatic carbocycles. The molecule has 12 heteroatoms. The molecule has 0 fully saturated rings. The number of halogens is 2. The molecule has 0 spiro atoms. The van der Waals surface area contributed by atoms with Crippen LogP contribution in [-0.4, -0.2) is 30.7 Å². The summed E-state index contributed by atoms with van der Waals surface area (Å²) in [5.41, 5.74) is 1.72. The zero-order valence-corrected chi connectivity index (χ0v) is 18.6. The first-order chi connectivity index (χ1) is 14.5. The average molecular weight is 471 g/mol. The molecule has 3 rings (SSSR count). The van der Waals surface area contributed by atoms with E-state index in [9.17, 15) is 17.6 Å². The van der Waals surface area contributed by atoms with E-state index in [4.69, 9.17) is 20.8 Å². The Bertz CT molecular complexity index is 1270. The van der Waals surface area contributed by atoms with Crippen molar-refractivity contribution in [1.82, 2.24) is 19.9 Å². The van der Waals surface area contributed by atoms with Crippen molar-refractivity contribution in [1.29, 1.82) is 0 Å². The highest BCUT2D eigenvalue weighted by Gasteiger charge is 2.34. The van der Waals surface area contributed by atoms with Gasteiger partial charge in [0.25, 0.3) is 0 Å². The van der Waals surface area contributed by atoms with E-state index >= 15 is 0 Å². The summed E-state index contributed by atoms with van der Waals surface area (Å²) < 4.78 is 53.6. The van der Waals surface area contributed by atoms with Crippen molar-refractivity contribution in [3.63, 3.8) is 0 Å². The Morgan fingerprint density at radius 1 is 1.32 bits per heavy atom. The predicted octanol–water partition coefficient (Wildman–Crippen LogP) is 3.00. The third-order valence-electron chi connectivity index (χ3n) is 5.00. The molecule has 0 bridgehead atoms. The van der Waals surface area contributed by atoms with Crippen LogP contribution < -0.4 is 15.2 Å². The van der Waals surface area contributed by atoms with Gasteiger partial charge in [-0.25, -0.2) is 27.7 Å². The van der Waals surface area contributed by atoms with Crippen LogP contribution in [0.5, 0.6) is 5.75 Å². The number of hydrogen-bond donors (Lipinski definition) is 2. The minimum Gasteiger partial charge on any atom is -0.495 e. The van der Waals surface area contributed by atoms with Crippen molar-refractivity contribution < 1.29 is 22.0 Å². The van der Waals surface area contributed by atoms with Gasteiger partial charge in [-0.2, -0.15) is 4.72 Å². The molecule has 2 unspecified atom stereocenters. The van der Waals surface area contributed by atoms with Crippen molar-refractivity contribution >= 4 is 21.6 Å². The second kappa shape index (κ2) is 8.77. The number of rotatable bonds is 7. The maximum absolute atomic E-state index is 14.7. The summed E-state index contributed by atoms with van der Waals surface area (Å²) in [5.74, 6) is -2.49. The fraction of sp³-hybridized carbons (Fsp3) is 0.316. The molecule has 0 aliphatic heterocycles. The standard InChI is InChI=1S/C19H20ClFN4O5S/c1-9-5-6-12(21)16(10(9)2)11(3)17(18-23-24-19(26)30-18)25-31(27,28)14-8-22-15(20)7-13(14)29-4/h5-8,11,17,25H,1-4H3,(H,24,26). The van der Waals surface area contributed by atoms with Gasteiger partial charge < -0.3 is 9.15 Å². The zero-order valence-electron chi connectivity index (χ0n) is 17.1. The van der Waals surface area contributed by atoms with Crippen LogP contribution in [0, 0.1) is 19.7 Å². The van der Waals surface area contributed by atoms with E-state index in [2.05, 4.69) is 19.9 Å². The molecule has 0 saturated heterocycles. The molecule has 1 aromatic carbocycles. The van der Waals surface area contributed by atoms with Gasteiger partial charge in [-0.1, -0.05) is 24.6 Å². The molecule has 166 valence electrons. The predicted molar refractivity (Wildman–Crippen MR) is 110 cm³/mol. The number of pyridine rings is 1. The number of aromatic amines is 1. The molecule has 2 atom stereocenters. The van der Waals surface area contributed by atoms with Crippen molar-refractivity contribution in [2.75, 3.05) is 7.11 Å². The summed E-state index contributed by atoms with van der Waals surface area (Å²) in [6, 6.07) is 2.94. The lowest BCUT2D eigenvalue weighted by Gasteiger charge is -2.25. The number of ether oxygens (including phenoxy) is 1. The van der Waals surface area contributed by atoms with Crippen LogP contribution >= 0.6 is 11.6 Å². The third kappa shape index (κ3) is 4.63. The highest BCUT2D eigenvalue weighted by molar-refractivity contribution is 7.89. The van der Waals surface area contributed by atoms with Crippen LogP contribution in [0.15, 0.2) is 38.5 Å². The van der Waals surface area contributed by atoms with Crippen molar-refractivity contribution in [3.8, 4) is 5.75 Å². The highest BCUT2D eigenvalue weighted by Crippen LogP contribution is 2.36. The lowest BCUT2D eigenvalue weighted by atomic mass is 9.88. The number of aryl methyl sites for hydroxylation is 1. The van der Waals surface area contributed by atoms with E-state index in [1.54, 1.807) is 19.9 Å². The van der Waals surface area contributed by atoms with Crippen LogP contribution in [0.1, 0.15) is 41.5 Å². The SMILES string of the molecule is COc1cc(Cl)ncc1S(=O)(=O)NC(c1n[nH]c(=O)o1)C(C)c1c(F)ccc(C)c1C. The Hall–Kier alpha value is -2.76. The van der Waals surface area contributed by atoms with Crippen molar-refractivity contribution in [3.05, 3.63) is 68.5 Å². The minimum atomic E-state index is -4.28. The van der Waals surface area contributed by atoms with E-state index in [0.717, 1.165) is 11.8 Å². The van der Waals surface area contributed by atoms with Crippen molar-refractivity contribution in [2.24, 2.45) is 0 Å². The van der Waals surface area contributed by atoms with Crippen LogP contribution in [-0.2, 0) is 10.0 Å². The van der Waals surface area contributed by atoms with Gasteiger partial charge in [-0.05, 0) is 36.6 Å². The van der Waals surface area contributed by atoms with Gasteiger partial charge in [0.2, 0.25) is 15.9 Å². The first kappa shape index (κ1) is 22.9. The molecule has 0 amide bonds. The number of nitrogens with one attached hydrogen (secondary N) is 2. The first-order valence-electron chi connectivity index (χ1n) is 9.08. The smallest absolute Gasteiger partial charge is 0.434 e. The second-order valence-corrected chi connectivity index (χ2v) is 8.97. The second-order valence-electron chi connectivity index (χ2n) is 6.90. The topological polar surface area (TPSA) is 127 Å². The first-order valence-corrected chi connectivity index (χ1v) is 10.9. The van der Waals surface area contributed by atoms with E-state index < -0.39 is 33.6 Å². The molecule has 2 N–H and O–H groups in total. The number of aromatic nitrogens is 3. The van der Waals surface area contributed by atoms with Gasteiger partial charge in [0.1, 0.15) is 27.7 Å². The third-order valence-corrected chi connectivity index (χ3v) is 6.65. The largest absolute Gasteiger partial charge is 0.495 e. The fourth-order valence-corrected chi connectivity index (χ4v) is 4.78. The molecular weight excluding hydrogens is 451 g/mol. The Morgan fingerprint density at radius 3 is 2.65 bits per heavy atom. The zero-order chi connectivity index (χ0) is 22.9. The number of benzene rings is 1. The van der Waals surface area contributed by atoms with Crippen LogP contribution in [0.25, 0.3) is 0 Å². The quantitative estimate of drug-likeness (QED) is 0.508. The molecule has 0 saturated carbocycles. The van der Waals surface area contributed by atoms with Crippen molar-refractivity contribution in [2.45, 2.75) is 37.6 Å². The van der Waals surface area contributed by atoms with Crippen LogP contribution in [0.2, 0.25) is 5.15 Å². The van der Waals surface area contributed by atoms with Crippen LogP contribution in [0.4, 0.5) is 4.39 Å². The summed E-state index contributed by atoms with van der Waals surface area (Å²) in [7, 11) is -3.00. The summed E-state index contributed by atoms with van der Waals surface area (Å²) in [6.07, 6.45) is 1.03. The fourth-order valence-electron chi connectivity index (χ4n) is 3.26. The van der Waals surface area contributed by atoms with Gasteiger partial charge in [-0.3, -0.25) is 0 Å². The average Bonchev–Trinajstić information content (AvgIpc) is 3.14. The number of nitrogens with zero attached hydrogens (tertiary/aromatic N) is 2. The van der Waals surface area contributed by atoms with Gasteiger partial charge >= 0.3 is 5.76 Å². The Labute approximate surface area is 182 Å². The summed E-state index contributed by atoms with van der Waals surface area (Å²) in [6.45, 7) is 5.13. The van der Waals surface area contributed by atoms with E-state index in [1.165, 1.54) is 19.2 Å². The Morgan fingerprint density at radius 2 is 2.03 bits per heavy atom. The Balaban J connectivity index is 2.12.